The van der Waals surface area contributed by atoms with Crippen LogP contribution in [-0.4, -0.2) is 23.8 Å². The zero-order valence-corrected chi connectivity index (χ0v) is 14.5. The molecule has 0 bridgehead atoms. The fourth-order valence-corrected chi connectivity index (χ4v) is 3.46. The Kier molecular flexibility index (Phi) is 5.06. The Hall–Kier alpha value is -2.67. The molecule has 1 fully saturated rings. The number of hydrogen-bond donors (Lipinski definition) is 2. The lowest BCUT2D eigenvalue weighted by Gasteiger charge is -2.25. The molecule has 3 N–H and O–H groups in total. The van der Waals surface area contributed by atoms with Gasteiger partial charge in [0, 0.05) is 12.0 Å². The lowest BCUT2D eigenvalue weighted by atomic mass is 9.86. The predicted molar refractivity (Wildman–Crippen MR) is 95.0 cm³/mol. The van der Waals surface area contributed by atoms with Crippen molar-refractivity contribution in [3.8, 4) is 11.1 Å². The summed E-state index contributed by atoms with van der Waals surface area (Å²) in [4.78, 5) is 24.8. The Labute approximate surface area is 154 Å². The molecule has 4 nitrogen and oxygen atoms in total. The molecule has 0 radical (unpaired) electrons. The number of ketones is 1. The first-order chi connectivity index (χ1) is 12.7. The van der Waals surface area contributed by atoms with E-state index in [-0.39, 0.29) is 17.8 Å². The lowest BCUT2D eigenvalue weighted by molar-refractivity contribution is -0.137. The first-order valence-electron chi connectivity index (χ1n) is 8.58. The van der Waals surface area contributed by atoms with E-state index in [1.165, 1.54) is 12.1 Å². The number of Topliss-reactive ketones (excluding diaryl/α,β-unsaturated/α-hetero) is 1. The molecule has 1 heterocycles. The largest absolute Gasteiger partial charge is 0.416 e. The van der Waals surface area contributed by atoms with Gasteiger partial charge in [0.25, 0.3) is 0 Å². The van der Waals surface area contributed by atoms with E-state index in [1.807, 2.05) is 0 Å². The third-order valence-corrected chi connectivity index (χ3v) is 4.91. The van der Waals surface area contributed by atoms with Crippen molar-refractivity contribution < 1.29 is 22.8 Å². The Morgan fingerprint density at radius 3 is 2.48 bits per heavy atom. The van der Waals surface area contributed by atoms with Crippen molar-refractivity contribution >= 4 is 11.7 Å². The predicted octanol–water partition coefficient (Wildman–Crippen LogP) is 3.55. The number of primary amides is 1. The van der Waals surface area contributed by atoms with Crippen molar-refractivity contribution in [2.45, 2.75) is 31.0 Å². The van der Waals surface area contributed by atoms with E-state index < -0.39 is 23.2 Å². The van der Waals surface area contributed by atoms with E-state index in [9.17, 15) is 22.8 Å². The number of carbonyl (C=O) groups excluding carboxylic acids is 2. The van der Waals surface area contributed by atoms with E-state index in [0.717, 1.165) is 18.6 Å². The van der Waals surface area contributed by atoms with E-state index in [1.54, 1.807) is 24.3 Å². The second kappa shape index (κ2) is 7.15. The maximum Gasteiger partial charge on any atom is 0.416 e. The highest BCUT2D eigenvalue weighted by atomic mass is 19.4. The van der Waals surface area contributed by atoms with Crippen molar-refractivity contribution in [3.05, 3.63) is 59.7 Å². The number of benzene rings is 2. The molecule has 0 aliphatic carbocycles. The molecule has 1 atom stereocenters. The summed E-state index contributed by atoms with van der Waals surface area (Å²) in [5, 5.41) is 3.01. The van der Waals surface area contributed by atoms with Crippen LogP contribution in [0.4, 0.5) is 13.2 Å². The van der Waals surface area contributed by atoms with Crippen LogP contribution in [0.25, 0.3) is 11.1 Å². The fraction of sp³-hybridized carbons (Fsp3) is 0.300. The van der Waals surface area contributed by atoms with Crippen LogP contribution in [0.3, 0.4) is 0 Å². The van der Waals surface area contributed by atoms with Crippen LogP contribution in [0.5, 0.6) is 0 Å². The van der Waals surface area contributed by atoms with Crippen LogP contribution in [0.15, 0.2) is 48.5 Å². The number of halogens is 3. The smallest absolute Gasteiger partial charge is 0.368 e. The van der Waals surface area contributed by atoms with Crippen LogP contribution in [0.1, 0.15) is 35.2 Å². The number of rotatable bonds is 5. The maximum absolute atomic E-state index is 13.0. The average Bonchev–Trinajstić information content (AvgIpc) is 3.11. The zero-order valence-electron chi connectivity index (χ0n) is 14.5. The van der Waals surface area contributed by atoms with Crippen molar-refractivity contribution in [2.75, 3.05) is 6.54 Å². The molecule has 1 aliphatic rings. The monoisotopic (exact) mass is 376 g/mol. The molecule has 27 heavy (non-hydrogen) atoms. The molecule has 0 spiro atoms. The van der Waals surface area contributed by atoms with Gasteiger partial charge in [0.05, 0.1) is 5.56 Å². The molecule has 1 saturated heterocycles. The first-order valence-corrected chi connectivity index (χ1v) is 8.58. The molecule has 0 saturated carbocycles. The molecule has 1 aliphatic heterocycles. The molecule has 142 valence electrons. The van der Waals surface area contributed by atoms with Gasteiger partial charge in [-0.2, -0.15) is 13.2 Å². The molecule has 0 aromatic heterocycles. The highest BCUT2D eigenvalue weighted by Crippen LogP contribution is 2.34. The molecular formula is C20H19F3N2O2. The van der Waals surface area contributed by atoms with Gasteiger partial charge in [0.2, 0.25) is 5.91 Å². The highest BCUT2D eigenvalue weighted by Gasteiger charge is 2.41. The van der Waals surface area contributed by atoms with Gasteiger partial charge in [0.15, 0.2) is 5.78 Å². The summed E-state index contributed by atoms with van der Waals surface area (Å²) < 4.78 is 39.1. The van der Waals surface area contributed by atoms with Crippen LogP contribution < -0.4 is 11.1 Å². The van der Waals surface area contributed by atoms with Crippen molar-refractivity contribution in [3.63, 3.8) is 0 Å². The normalized spacial score (nSPS) is 19.8. The Bertz CT molecular complexity index is 872. The van der Waals surface area contributed by atoms with E-state index in [4.69, 9.17) is 5.73 Å². The van der Waals surface area contributed by atoms with Crippen molar-refractivity contribution in [2.24, 2.45) is 5.73 Å². The SMILES string of the molecule is NC(=O)C1(CC(=O)c2ccccc2-c2cccc(C(F)(F)F)c2)CCCN1. The Balaban J connectivity index is 1.97. The van der Waals surface area contributed by atoms with Crippen LogP contribution in [0.2, 0.25) is 0 Å². The Morgan fingerprint density at radius 1 is 1.11 bits per heavy atom. The summed E-state index contributed by atoms with van der Waals surface area (Å²) >= 11 is 0. The minimum absolute atomic E-state index is 0.127. The second-order valence-corrected chi connectivity index (χ2v) is 6.70. The average molecular weight is 376 g/mol. The van der Waals surface area contributed by atoms with Crippen molar-refractivity contribution in [1.29, 1.82) is 0 Å². The number of nitrogens with one attached hydrogen (secondary N) is 1. The summed E-state index contributed by atoms with van der Waals surface area (Å²) in [5.41, 5.74) is 4.57. The molecule has 1 amide bonds. The molecule has 1 unspecified atom stereocenters. The third kappa shape index (κ3) is 3.88. The van der Waals surface area contributed by atoms with Crippen LogP contribution >= 0.6 is 0 Å². The van der Waals surface area contributed by atoms with Crippen LogP contribution in [-0.2, 0) is 11.0 Å². The summed E-state index contributed by atoms with van der Waals surface area (Å²) in [6, 6.07) is 11.3. The zero-order chi connectivity index (χ0) is 19.7. The summed E-state index contributed by atoms with van der Waals surface area (Å²) in [6.07, 6.45) is -3.41. The molecule has 7 heteroatoms. The van der Waals surface area contributed by atoms with Gasteiger partial charge in [-0.25, -0.2) is 0 Å². The quantitative estimate of drug-likeness (QED) is 0.784. The molecule has 2 aromatic carbocycles. The van der Waals surface area contributed by atoms with E-state index in [0.29, 0.717) is 24.1 Å². The lowest BCUT2D eigenvalue weighted by Crippen LogP contribution is -2.52. The van der Waals surface area contributed by atoms with E-state index >= 15 is 0 Å². The van der Waals surface area contributed by atoms with Gasteiger partial charge >= 0.3 is 6.18 Å². The number of alkyl halides is 3. The van der Waals surface area contributed by atoms with Crippen molar-refractivity contribution in [1.82, 2.24) is 5.32 Å². The van der Waals surface area contributed by atoms with Gasteiger partial charge < -0.3 is 11.1 Å². The highest BCUT2D eigenvalue weighted by molar-refractivity contribution is 6.05. The van der Waals surface area contributed by atoms with Crippen LogP contribution in [0, 0.1) is 0 Å². The second-order valence-electron chi connectivity index (χ2n) is 6.70. The number of carbonyl (C=O) groups is 2. The maximum atomic E-state index is 13.0. The summed E-state index contributed by atoms with van der Waals surface area (Å²) in [6.45, 7) is 0.589. The molecule has 2 aromatic rings. The summed E-state index contributed by atoms with van der Waals surface area (Å²) in [5.74, 6) is -0.930. The fourth-order valence-electron chi connectivity index (χ4n) is 3.46. The van der Waals surface area contributed by atoms with E-state index in [2.05, 4.69) is 5.32 Å². The van der Waals surface area contributed by atoms with Gasteiger partial charge in [-0.15, -0.1) is 0 Å². The van der Waals surface area contributed by atoms with Gasteiger partial charge in [-0.1, -0.05) is 36.4 Å². The topological polar surface area (TPSA) is 72.2 Å². The number of hydrogen-bond acceptors (Lipinski definition) is 3. The minimum atomic E-state index is -4.47. The van der Waals surface area contributed by atoms with Gasteiger partial charge in [0.1, 0.15) is 5.54 Å². The third-order valence-electron chi connectivity index (χ3n) is 4.91. The van der Waals surface area contributed by atoms with Gasteiger partial charge in [-0.3, -0.25) is 9.59 Å². The Morgan fingerprint density at radius 2 is 1.85 bits per heavy atom. The first kappa shape index (κ1) is 19.1. The minimum Gasteiger partial charge on any atom is -0.368 e. The number of nitrogens with two attached hydrogens (primary N) is 1. The molecule has 3 rings (SSSR count). The van der Waals surface area contributed by atoms with Gasteiger partial charge in [-0.05, 0) is 42.6 Å². The molecular weight excluding hydrogens is 357 g/mol. The number of amides is 1. The standard InChI is InChI=1S/C20H19F3N2O2/c21-20(22,23)14-6-3-5-13(11-14)15-7-1-2-8-16(15)17(26)12-19(18(24)27)9-4-10-25-19/h1-3,5-8,11,25H,4,9-10,12H2,(H2,24,27). The summed E-state index contributed by atoms with van der Waals surface area (Å²) in [7, 11) is 0.